The molecule has 2 rings (SSSR count). The van der Waals surface area contributed by atoms with Crippen LogP contribution in [0.25, 0.3) is 0 Å². The Hall–Kier alpha value is -1.55. The molecule has 85 heavy (non-hydrogen) atoms. The molecule has 0 aromatic heterocycles. The van der Waals surface area contributed by atoms with E-state index in [2.05, 4.69) is 59.6 Å². The molecule has 0 aliphatic carbocycles. The van der Waals surface area contributed by atoms with Gasteiger partial charge in [0.2, 0.25) is 6.29 Å². The molecule has 0 spiro atoms. The molecule has 17 nitrogen and oxygen atoms in total. The zero-order chi connectivity index (χ0) is 63.2. The fraction of sp³-hybridized carbons (Fsp3) is 0.970. The molecule has 2 aliphatic heterocycles. The molecule has 0 aromatic carbocycles. The van der Waals surface area contributed by atoms with E-state index < -0.39 is 103 Å². The molecule has 504 valence electrons. The Balaban J connectivity index is 1.95. The lowest BCUT2D eigenvalue weighted by molar-refractivity contribution is -0.374. The van der Waals surface area contributed by atoms with E-state index in [4.69, 9.17) is 23.7 Å². The van der Waals surface area contributed by atoms with Crippen molar-refractivity contribution in [3.05, 3.63) is 0 Å². The van der Waals surface area contributed by atoms with Crippen LogP contribution in [-0.2, 0) is 47.9 Å². The van der Waals surface area contributed by atoms with Crippen LogP contribution >= 0.6 is 0 Å². The predicted molar refractivity (Wildman–Crippen MR) is 334 cm³/mol. The van der Waals surface area contributed by atoms with Crippen LogP contribution in [0.1, 0.15) is 293 Å². The summed E-state index contributed by atoms with van der Waals surface area (Å²) < 4.78 is 67.3. The fourth-order valence-corrected chi connectivity index (χ4v) is 13.9. The van der Waals surface area contributed by atoms with Gasteiger partial charge in [-0.15, -0.1) is 0 Å². The highest BCUT2D eigenvalue weighted by Gasteiger charge is 2.55. The maximum Gasteiger partial charge on any atom is 0.397 e. The molecule has 2 heterocycles. The van der Waals surface area contributed by atoms with Gasteiger partial charge in [0.25, 0.3) is 0 Å². The number of carbonyl (C=O) groups is 2. The van der Waals surface area contributed by atoms with Crippen molar-refractivity contribution in [2.75, 3.05) is 13.2 Å². The smallest absolute Gasteiger partial charge is 0.397 e. The first-order valence-corrected chi connectivity index (χ1v) is 35.9. The van der Waals surface area contributed by atoms with Gasteiger partial charge in [-0.05, 0) is 86.9 Å². The van der Waals surface area contributed by atoms with Crippen LogP contribution < -0.4 is 0 Å². The standard InChI is InChI=1S/C67H128O17S/c1-10-12-14-16-18-20-22-24-25-27-28-30-32-34-36-38-55(70)53(8)44-51(6)42-49(4)40-48(3)41-50(5)43-52(7)45-54(9)65(75)82-62-60(73)57(47-69)80-67(83-66-63(84-85(76,77)78)61(74)59(72)56(46-68)79-66)64(62)81-58(71)39-37-35-33-31-29-26-23-21-19-17-15-13-11-2/h48-57,59-64,66-70,72-74H,10-47H2,1-9H3,(H,76,77,78). The normalized spacial score (nSPS) is 25.8. The second-order valence-electron chi connectivity index (χ2n) is 27.0. The minimum atomic E-state index is -5.32. The molecule has 18 unspecified atom stereocenters. The molecule has 18 atom stereocenters. The van der Waals surface area contributed by atoms with Crippen molar-refractivity contribution in [2.24, 2.45) is 41.4 Å². The van der Waals surface area contributed by atoms with E-state index in [0.717, 1.165) is 77.0 Å². The number of esters is 2. The number of aliphatic hydroxyl groups is 6. The second kappa shape index (κ2) is 46.5. The monoisotopic (exact) mass is 1240 g/mol. The third-order valence-corrected chi connectivity index (χ3v) is 18.5. The van der Waals surface area contributed by atoms with Gasteiger partial charge in [-0.25, -0.2) is 4.18 Å². The van der Waals surface area contributed by atoms with Crippen molar-refractivity contribution < 1.29 is 81.1 Å². The molecule has 2 saturated heterocycles. The van der Waals surface area contributed by atoms with E-state index >= 15 is 0 Å². The number of carbonyl (C=O) groups excluding carboxylic acids is 2. The Kier molecular flexibility index (Phi) is 43.5. The predicted octanol–water partition coefficient (Wildman–Crippen LogP) is 13.4. The van der Waals surface area contributed by atoms with Gasteiger partial charge in [-0.3, -0.25) is 14.1 Å². The summed E-state index contributed by atoms with van der Waals surface area (Å²) in [5.41, 5.74) is 0. The Morgan fingerprint density at radius 1 is 0.459 bits per heavy atom. The zero-order valence-corrected chi connectivity index (χ0v) is 55.7. The second-order valence-corrected chi connectivity index (χ2v) is 28.1. The average molecular weight is 1240 g/mol. The summed E-state index contributed by atoms with van der Waals surface area (Å²) in [6, 6.07) is 0. The molecule has 0 radical (unpaired) electrons. The Morgan fingerprint density at radius 2 is 0.824 bits per heavy atom. The van der Waals surface area contributed by atoms with Crippen molar-refractivity contribution in [1.82, 2.24) is 0 Å². The summed E-state index contributed by atoms with van der Waals surface area (Å²) in [7, 11) is -5.32. The summed E-state index contributed by atoms with van der Waals surface area (Å²) >= 11 is 0. The Bertz CT molecular complexity index is 1780. The van der Waals surface area contributed by atoms with Crippen molar-refractivity contribution in [3.63, 3.8) is 0 Å². The van der Waals surface area contributed by atoms with Gasteiger partial charge in [0.15, 0.2) is 24.6 Å². The molecule has 0 amide bonds. The lowest BCUT2D eigenvalue weighted by atomic mass is 9.80. The summed E-state index contributed by atoms with van der Waals surface area (Å²) in [6.45, 7) is 18.0. The van der Waals surface area contributed by atoms with Gasteiger partial charge in [-0.2, -0.15) is 8.42 Å². The number of unbranched alkanes of at least 4 members (excludes halogenated alkanes) is 26. The van der Waals surface area contributed by atoms with Crippen molar-refractivity contribution in [3.8, 4) is 0 Å². The minimum Gasteiger partial charge on any atom is -0.455 e. The largest absolute Gasteiger partial charge is 0.455 e. The highest BCUT2D eigenvalue weighted by atomic mass is 32.3. The van der Waals surface area contributed by atoms with Gasteiger partial charge >= 0.3 is 22.3 Å². The van der Waals surface area contributed by atoms with Gasteiger partial charge in [0.05, 0.1) is 25.2 Å². The number of hydrogen-bond acceptors (Lipinski definition) is 16. The van der Waals surface area contributed by atoms with E-state index in [-0.39, 0.29) is 24.4 Å². The molecular formula is C67H128O17S. The highest BCUT2D eigenvalue weighted by molar-refractivity contribution is 7.80. The molecule has 0 bridgehead atoms. The summed E-state index contributed by atoms with van der Waals surface area (Å²) in [4.78, 5) is 27.7. The van der Waals surface area contributed by atoms with Crippen LogP contribution in [0, 0.1) is 41.4 Å². The van der Waals surface area contributed by atoms with Gasteiger partial charge in [-0.1, -0.05) is 236 Å². The number of hydrogen-bond donors (Lipinski definition) is 7. The minimum absolute atomic E-state index is 0.0558. The van der Waals surface area contributed by atoms with Crippen LogP contribution in [0.4, 0.5) is 0 Å². The number of ether oxygens (including phenoxy) is 5. The molecular weight excluding hydrogens is 1110 g/mol. The Morgan fingerprint density at radius 3 is 1.24 bits per heavy atom. The van der Waals surface area contributed by atoms with Crippen LogP contribution in [0.5, 0.6) is 0 Å². The first kappa shape index (κ1) is 79.5. The van der Waals surface area contributed by atoms with Crippen molar-refractivity contribution in [2.45, 2.75) is 361 Å². The first-order valence-electron chi connectivity index (χ1n) is 34.5. The molecule has 2 aliphatic rings. The van der Waals surface area contributed by atoms with Crippen LogP contribution in [0.2, 0.25) is 0 Å². The molecule has 2 fully saturated rings. The van der Waals surface area contributed by atoms with Crippen molar-refractivity contribution in [1.29, 1.82) is 0 Å². The van der Waals surface area contributed by atoms with E-state index in [9.17, 15) is 53.2 Å². The van der Waals surface area contributed by atoms with E-state index in [1.807, 2.05) is 0 Å². The van der Waals surface area contributed by atoms with Crippen molar-refractivity contribution >= 4 is 22.3 Å². The summed E-state index contributed by atoms with van der Waals surface area (Å²) in [5.74, 6) is 0.143. The van der Waals surface area contributed by atoms with Crippen LogP contribution in [0.15, 0.2) is 0 Å². The maximum atomic E-state index is 14.1. The van der Waals surface area contributed by atoms with E-state index in [1.165, 1.54) is 135 Å². The first-order chi connectivity index (χ1) is 40.5. The maximum absolute atomic E-state index is 14.1. The fourth-order valence-electron chi connectivity index (χ4n) is 13.4. The summed E-state index contributed by atoms with van der Waals surface area (Å²) in [6.07, 6.45) is 22.1. The van der Waals surface area contributed by atoms with Crippen LogP contribution in [-0.4, -0.2) is 136 Å². The molecule has 18 heteroatoms. The van der Waals surface area contributed by atoms with Gasteiger partial charge in [0, 0.05) is 6.42 Å². The Labute approximate surface area is 516 Å². The quantitative estimate of drug-likeness (QED) is 0.0170. The van der Waals surface area contributed by atoms with E-state index in [0.29, 0.717) is 36.5 Å². The number of rotatable bonds is 52. The molecule has 0 aromatic rings. The lowest BCUT2D eigenvalue weighted by Gasteiger charge is -2.46. The zero-order valence-electron chi connectivity index (χ0n) is 54.9. The SMILES string of the molecule is CCCCCCCCCCCCCCCCCC(O)C(C)CC(C)CC(C)CC(C)CC(C)CC(C)CC(C)C(=O)OC1C(O)C(CO)OC(OC2OC(CO)C(O)C(O)C2OS(=O)(=O)O)C1OC(=O)CCCCCCCCCCCCCCC. The third kappa shape index (κ3) is 35.0. The van der Waals surface area contributed by atoms with Gasteiger partial charge < -0.3 is 54.3 Å². The highest BCUT2D eigenvalue weighted by Crippen LogP contribution is 2.35. The van der Waals surface area contributed by atoms with Gasteiger partial charge in [0.1, 0.15) is 30.5 Å². The lowest BCUT2D eigenvalue weighted by Crippen LogP contribution is -2.65. The van der Waals surface area contributed by atoms with E-state index in [1.54, 1.807) is 6.92 Å². The van der Waals surface area contributed by atoms with Crippen LogP contribution in [0.3, 0.4) is 0 Å². The number of aliphatic hydroxyl groups excluding tert-OH is 6. The summed E-state index contributed by atoms with van der Waals surface area (Å²) in [5, 5.41) is 64.3. The topological polar surface area (TPSA) is 265 Å². The molecule has 7 N–H and O–H groups in total. The molecule has 0 saturated carbocycles. The third-order valence-electron chi connectivity index (χ3n) is 18.0. The average Bonchev–Trinajstić information content (AvgIpc) is 2.09.